The van der Waals surface area contributed by atoms with Gasteiger partial charge < -0.3 is 10.0 Å². The lowest BCUT2D eigenvalue weighted by Crippen LogP contribution is -2.17. The van der Waals surface area contributed by atoms with Gasteiger partial charge in [0.25, 0.3) is 0 Å². The van der Waals surface area contributed by atoms with Crippen molar-refractivity contribution in [1.29, 1.82) is 0 Å². The normalized spacial score (nSPS) is 12.4. The van der Waals surface area contributed by atoms with E-state index in [9.17, 15) is 5.11 Å². The highest BCUT2D eigenvalue weighted by Crippen LogP contribution is 2.42. The van der Waals surface area contributed by atoms with Crippen LogP contribution in [0.1, 0.15) is 77.1 Å². The third-order valence-electron chi connectivity index (χ3n) is 7.04. The molecule has 0 amide bonds. The van der Waals surface area contributed by atoms with Crippen LogP contribution in [0, 0.1) is 0 Å². The lowest BCUT2D eigenvalue weighted by Gasteiger charge is -2.29. The van der Waals surface area contributed by atoms with E-state index >= 15 is 0 Å². The summed E-state index contributed by atoms with van der Waals surface area (Å²) < 4.78 is 0. The number of rotatable bonds is 6. The maximum absolute atomic E-state index is 11.5. The van der Waals surface area contributed by atoms with Crippen LogP contribution in [0.2, 0.25) is 0 Å². The molecular formula is C36H41NO. The fourth-order valence-electron chi connectivity index (χ4n) is 4.85. The summed E-state index contributed by atoms with van der Waals surface area (Å²) in [5.41, 5.74) is 8.54. The lowest BCUT2D eigenvalue weighted by molar-refractivity contribution is 0.443. The Morgan fingerprint density at radius 3 is 1.74 bits per heavy atom. The Labute approximate surface area is 229 Å². The van der Waals surface area contributed by atoms with Crippen molar-refractivity contribution in [2.45, 2.75) is 65.7 Å². The first-order valence-corrected chi connectivity index (χ1v) is 13.6. The van der Waals surface area contributed by atoms with Gasteiger partial charge in [0.2, 0.25) is 0 Å². The molecule has 4 aromatic carbocycles. The second kappa shape index (κ2) is 10.9. The van der Waals surface area contributed by atoms with Crippen molar-refractivity contribution in [1.82, 2.24) is 0 Å². The van der Waals surface area contributed by atoms with Crippen LogP contribution in [0.3, 0.4) is 0 Å². The van der Waals surface area contributed by atoms with Gasteiger partial charge in [0.15, 0.2) is 0 Å². The van der Waals surface area contributed by atoms with E-state index in [2.05, 4.69) is 144 Å². The number of nitrogens with zero attached hydrogens (tertiary/aromatic N) is 1. The van der Waals surface area contributed by atoms with E-state index in [-0.39, 0.29) is 10.8 Å². The van der Waals surface area contributed by atoms with Crippen molar-refractivity contribution in [3.8, 4) is 5.75 Å². The Morgan fingerprint density at radius 2 is 1.24 bits per heavy atom. The standard InChI is InChI=1S/C36H41NO/c1-8-26(23-27-24-28(35(2,3)4)25-32(34(27)38)36(5,6)7)31-21-15-16-22-33(31)37(29-17-11-9-12-18-29)30-19-13-10-14-20-30/h9-25,38H,8H2,1-7H3. The van der Waals surface area contributed by atoms with Gasteiger partial charge in [-0.3, -0.25) is 0 Å². The Hall–Kier alpha value is -3.78. The van der Waals surface area contributed by atoms with Crippen LogP contribution in [-0.4, -0.2) is 5.11 Å². The SMILES string of the molecule is CCC(=Cc1cc(C(C)(C)C)cc(C(C)(C)C)c1O)c1ccccc1N(c1ccccc1)c1ccccc1. The van der Waals surface area contributed by atoms with Crippen molar-refractivity contribution >= 4 is 28.7 Å². The quantitative estimate of drug-likeness (QED) is 0.265. The number of phenolic OH excluding ortho intramolecular Hbond substituents is 1. The highest BCUT2D eigenvalue weighted by molar-refractivity contribution is 5.92. The first-order valence-electron chi connectivity index (χ1n) is 13.6. The molecule has 0 unspecified atom stereocenters. The minimum Gasteiger partial charge on any atom is -0.507 e. The molecule has 0 radical (unpaired) electrons. The zero-order valence-corrected chi connectivity index (χ0v) is 23.9. The van der Waals surface area contributed by atoms with Crippen molar-refractivity contribution < 1.29 is 5.11 Å². The summed E-state index contributed by atoms with van der Waals surface area (Å²) in [6.45, 7) is 15.4. The highest BCUT2D eigenvalue weighted by Gasteiger charge is 2.25. The van der Waals surface area contributed by atoms with Crippen molar-refractivity contribution in [3.05, 3.63) is 119 Å². The molecule has 4 aromatic rings. The minimum absolute atomic E-state index is 0.0298. The second-order valence-electron chi connectivity index (χ2n) is 12.0. The summed E-state index contributed by atoms with van der Waals surface area (Å²) in [5.74, 6) is 0.372. The predicted octanol–water partition coefficient (Wildman–Crippen LogP) is 10.4. The molecule has 2 nitrogen and oxygen atoms in total. The molecule has 0 aliphatic heterocycles. The van der Waals surface area contributed by atoms with Crippen LogP contribution in [0.25, 0.3) is 11.6 Å². The molecule has 0 aliphatic carbocycles. The van der Waals surface area contributed by atoms with Gasteiger partial charge >= 0.3 is 0 Å². The number of benzene rings is 4. The van der Waals surface area contributed by atoms with Gasteiger partial charge in [0, 0.05) is 28.1 Å². The van der Waals surface area contributed by atoms with E-state index in [4.69, 9.17) is 0 Å². The molecule has 0 spiro atoms. The van der Waals surface area contributed by atoms with E-state index in [1.807, 2.05) is 12.1 Å². The molecule has 0 bridgehead atoms. The maximum Gasteiger partial charge on any atom is 0.126 e. The molecule has 0 saturated carbocycles. The molecule has 0 fully saturated rings. The third-order valence-corrected chi connectivity index (χ3v) is 7.04. The van der Waals surface area contributed by atoms with Gasteiger partial charge in [0.05, 0.1) is 5.69 Å². The smallest absolute Gasteiger partial charge is 0.126 e. The first-order chi connectivity index (χ1) is 18.0. The molecule has 0 atom stereocenters. The first kappa shape index (κ1) is 27.3. The molecule has 0 heterocycles. The molecule has 2 heteroatoms. The topological polar surface area (TPSA) is 23.5 Å². The van der Waals surface area contributed by atoms with Crippen molar-refractivity contribution in [2.24, 2.45) is 0 Å². The molecule has 196 valence electrons. The number of allylic oxidation sites excluding steroid dienone is 1. The van der Waals surface area contributed by atoms with Crippen LogP contribution >= 0.6 is 0 Å². The van der Waals surface area contributed by atoms with Crippen LogP contribution in [0.4, 0.5) is 17.1 Å². The summed E-state index contributed by atoms with van der Waals surface area (Å²) in [6.07, 6.45) is 3.02. The van der Waals surface area contributed by atoms with E-state index in [1.54, 1.807) is 0 Å². The van der Waals surface area contributed by atoms with Gasteiger partial charge in [-0.25, -0.2) is 0 Å². The van der Waals surface area contributed by atoms with E-state index < -0.39 is 0 Å². The van der Waals surface area contributed by atoms with Crippen molar-refractivity contribution in [2.75, 3.05) is 4.90 Å². The Bertz CT molecular complexity index is 1360. The summed E-state index contributed by atoms with van der Waals surface area (Å²) in [5, 5.41) is 11.5. The van der Waals surface area contributed by atoms with Crippen LogP contribution in [-0.2, 0) is 10.8 Å². The Morgan fingerprint density at radius 1 is 0.711 bits per heavy atom. The number of aromatic hydroxyl groups is 1. The summed E-state index contributed by atoms with van der Waals surface area (Å²) in [6, 6.07) is 33.9. The zero-order chi connectivity index (χ0) is 27.5. The maximum atomic E-state index is 11.5. The van der Waals surface area contributed by atoms with E-state index in [0.29, 0.717) is 5.75 Å². The van der Waals surface area contributed by atoms with Gasteiger partial charge in [-0.2, -0.15) is 0 Å². The monoisotopic (exact) mass is 503 g/mol. The molecule has 38 heavy (non-hydrogen) atoms. The van der Waals surface area contributed by atoms with Gasteiger partial charge in [-0.15, -0.1) is 0 Å². The fourth-order valence-corrected chi connectivity index (χ4v) is 4.85. The van der Waals surface area contributed by atoms with Gasteiger partial charge in [-0.05, 0) is 70.9 Å². The lowest BCUT2D eigenvalue weighted by atomic mass is 9.78. The molecule has 1 N–H and O–H groups in total. The summed E-state index contributed by atoms with van der Waals surface area (Å²) in [7, 11) is 0. The van der Waals surface area contributed by atoms with Gasteiger partial charge in [0.1, 0.15) is 5.75 Å². The third kappa shape index (κ3) is 5.86. The highest BCUT2D eigenvalue weighted by atomic mass is 16.3. The molecular weight excluding hydrogens is 462 g/mol. The number of anilines is 3. The number of para-hydroxylation sites is 3. The zero-order valence-electron chi connectivity index (χ0n) is 23.9. The van der Waals surface area contributed by atoms with E-state index in [1.165, 1.54) is 11.1 Å². The molecule has 0 aromatic heterocycles. The number of hydrogen-bond donors (Lipinski definition) is 1. The molecule has 0 saturated heterocycles. The predicted molar refractivity (Wildman–Crippen MR) is 165 cm³/mol. The number of phenols is 1. The van der Waals surface area contributed by atoms with Crippen LogP contribution in [0.15, 0.2) is 97.1 Å². The van der Waals surface area contributed by atoms with Gasteiger partial charge in [-0.1, -0.05) is 109 Å². The van der Waals surface area contributed by atoms with E-state index in [0.717, 1.165) is 40.2 Å². The average molecular weight is 504 g/mol. The molecule has 0 aliphatic rings. The average Bonchev–Trinajstić information content (AvgIpc) is 2.88. The second-order valence-corrected chi connectivity index (χ2v) is 12.0. The van der Waals surface area contributed by atoms with Crippen LogP contribution in [0.5, 0.6) is 5.75 Å². The van der Waals surface area contributed by atoms with Crippen molar-refractivity contribution in [3.63, 3.8) is 0 Å². The Balaban J connectivity index is 1.95. The largest absolute Gasteiger partial charge is 0.507 e. The van der Waals surface area contributed by atoms with Crippen LogP contribution < -0.4 is 4.90 Å². The summed E-state index contributed by atoms with van der Waals surface area (Å²) >= 11 is 0. The molecule has 4 rings (SSSR count). The Kier molecular flexibility index (Phi) is 7.83. The fraction of sp³-hybridized carbons (Fsp3) is 0.278. The number of hydrogen-bond acceptors (Lipinski definition) is 2. The minimum atomic E-state index is -0.171. The summed E-state index contributed by atoms with van der Waals surface area (Å²) in [4.78, 5) is 2.31.